The van der Waals surface area contributed by atoms with Gasteiger partial charge < -0.3 is 24.3 Å². The molecule has 0 saturated heterocycles. The molecule has 2 N–H and O–H groups in total. The molecule has 0 fully saturated rings. The second kappa shape index (κ2) is 14.3. The van der Waals surface area contributed by atoms with E-state index in [1.807, 2.05) is 54.6 Å². The summed E-state index contributed by atoms with van der Waals surface area (Å²) in [5.74, 6) is -2.58. The first kappa shape index (κ1) is 30.3. The number of benzene rings is 3. The Morgan fingerprint density at radius 1 is 0.881 bits per heavy atom. The van der Waals surface area contributed by atoms with Gasteiger partial charge in [0.15, 0.2) is 11.6 Å². The van der Waals surface area contributed by atoms with E-state index in [1.165, 1.54) is 0 Å². The minimum absolute atomic E-state index is 0.0544. The van der Waals surface area contributed by atoms with Crippen molar-refractivity contribution in [2.75, 3.05) is 13.2 Å². The van der Waals surface area contributed by atoms with Gasteiger partial charge >= 0.3 is 11.9 Å². The predicted octanol–water partition coefficient (Wildman–Crippen LogP) is 7.13. The van der Waals surface area contributed by atoms with Crippen molar-refractivity contribution in [2.24, 2.45) is 0 Å². The Balaban J connectivity index is 1.33. The van der Waals surface area contributed by atoms with E-state index in [4.69, 9.17) is 14.6 Å². The number of hydrogen-bond donors (Lipinski definition) is 2. The Morgan fingerprint density at radius 3 is 2.31 bits per heavy atom. The number of unbranched alkanes of at least 4 members (excludes halogenated alkanes) is 1. The average molecular weight is 578 g/mol. The molecule has 0 spiro atoms. The minimum Gasteiger partial charge on any atom is -0.494 e. The Morgan fingerprint density at radius 2 is 1.60 bits per heavy atom. The number of nitrogens with zero attached hydrogens (tertiary/aromatic N) is 1. The standard InChI is InChI=1S/C33H33F2NO6/c1-22-18-28(34)29(35)19-30(22)42-17-3-2-16-41-26-14-11-23(12-15-26)10-13-24-6-4-8-27-25(7-5-9-31(37)38)20-36(33(24)27)21-32(39)40/h4,6,8,10-15,18-20H,2-3,5,7,9,16-17,21H2,1H3,(H,37,38)(H,39,40). The molecule has 1 aromatic heterocycles. The summed E-state index contributed by atoms with van der Waals surface area (Å²) < 4.78 is 39.7. The molecule has 4 aromatic rings. The van der Waals surface area contributed by atoms with Gasteiger partial charge in [-0.2, -0.15) is 0 Å². The van der Waals surface area contributed by atoms with Gasteiger partial charge in [0, 0.05) is 24.1 Å². The summed E-state index contributed by atoms with van der Waals surface area (Å²) in [5.41, 5.74) is 4.07. The molecule has 0 radical (unpaired) electrons. The lowest BCUT2D eigenvalue weighted by atomic mass is 10.0. The molecule has 0 atom stereocenters. The van der Waals surface area contributed by atoms with E-state index in [9.17, 15) is 23.5 Å². The largest absolute Gasteiger partial charge is 0.494 e. The van der Waals surface area contributed by atoms with E-state index in [0.717, 1.165) is 46.1 Å². The number of carboxylic acid groups (broad SMARTS) is 2. The lowest BCUT2D eigenvalue weighted by Crippen LogP contribution is -2.07. The van der Waals surface area contributed by atoms with Crippen molar-refractivity contribution < 1.29 is 38.1 Å². The minimum atomic E-state index is -0.954. The van der Waals surface area contributed by atoms with E-state index < -0.39 is 23.6 Å². The Kier molecular flexibility index (Phi) is 10.3. The third kappa shape index (κ3) is 8.19. The number of ether oxygens (including phenoxy) is 2. The van der Waals surface area contributed by atoms with Gasteiger partial charge in [-0.1, -0.05) is 42.5 Å². The van der Waals surface area contributed by atoms with Crippen LogP contribution in [-0.4, -0.2) is 39.9 Å². The van der Waals surface area contributed by atoms with E-state index in [1.54, 1.807) is 17.7 Å². The highest BCUT2D eigenvalue weighted by molar-refractivity contribution is 5.94. The van der Waals surface area contributed by atoms with Crippen molar-refractivity contribution in [1.82, 2.24) is 4.57 Å². The monoisotopic (exact) mass is 577 g/mol. The first-order chi connectivity index (χ1) is 20.2. The zero-order valence-electron chi connectivity index (χ0n) is 23.3. The zero-order valence-corrected chi connectivity index (χ0v) is 23.3. The fourth-order valence-corrected chi connectivity index (χ4v) is 4.72. The molecule has 0 unspecified atom stereocenters. The maximum Gasteiger partial charge on any atom is 0.323 e. The second-order valence-electron chi connectivity index (χ2n) is 10.0. The lowest BCUT2D eigenvalue weighted by molar-refractivity contribution is -0.138. The number of fused-ring (bicyclic) bond motifs is 1. The highest BCUT2D eigenvalue weighted by atomic mass is 19.2. The molecule has 0 saturated carbocycles. The van der Waals surface area contributed by atoms with Crippen LogP contribution in [0.5, 0.6) is 11.5 Å². The summed E-state index contributed by atoms with van der Waals surface area (Å²) in [4.78, 5) is 22.4. The van der Waals surface area contributed by atoms with Gasteiger partial charge in [-0.05, 0) is 73.1 Å². The molecule has 0 amide bonds. The Labute approximate surface area is 242 Å². The molecule has 0 bridgehead atoms. The number of rotatable bonds is 15. The lowest BCUT2D eigenvalue weighted by Gasteiger charge is -2.10. The number of aromatic nitrogens is 1. The Hall–Kier alpha value is -4.66. The van der Waals surface area contributed by atoms with Crippen LogP contribution >= 0.6 is 0 Å². The first-order valence-corrected chi connectivity index (χ1v) is 13.7. The topological polar surface area (TPSA) is 98.0 Å². The number of halogens is 2. The molecular formula is C33H33F2NO6. The van der Waals surface area contributed by atoms with Crippen LogP contribution in [-0.2, 0) is 22.6 Å². The van der Waals surface area contributed by atoms with E-state index >= 15 is 0 Å². The zero-order chi connectivity index (χ0) is 30.1. The molecule has 7 nitrogen and oxygen atoms in total. The van der Waals surface area contributed by atoms with Crippen molar-refractivity contribution in [3.63, 3.8) is 0 Å². The SMILES string of the molecule is Cc1cc(F)c(F)cc1OCCCCOc1ccc(C=Cc2cccc3c(CCCC(=O)O)cn(CC(=O)O)c23)cc1. The molecule has 3 aromatic carbocycles. The third-order valence-corrected chi connectivity index (χ3v) is 6.77. The summed E-state index contributed by atoms with van der Waals surface area (Å²) in [6.07, 6.45) is 8.17. The van der Waals surface area contributed by atoms with E-state index in [0.29, 0.717) is 49.5 Å². The van der Waals surface area contributed by atoms with Crippen LogP contribution in [0, 0.1) is 18.6 Å². The highest BCUT2D eigenvalue weighted by Gasteiger charge is 2.14. The van der Waals surface area contributed by atoms with Gasteiger partial charge in [0.25, 0.3) is 0 Å². The molecule has 4 rings (SSSR count). The number of carbonyl (C=O) groups is 2. The van der Waals surface area contributed by atoms with Crippen LogP contribution in [0.4, 0.5) is 8.78 Å². The molecule has 9 heteroatoms. The molecule has 220 valence electrons. The predicted molar refractivity (Wildman–Crippen MR) is 157 cm³/mol. The number of aliphatic carboxylic acids is 2. The highest BCUT2D eigenvalue weighted by Crippen LogP contribution is 2.28. The molecule has 42 heavy (non-hydrogen) atoms. The smallest absolute Gasteiger partial charge is 0.323 e. The van der Waals surface area contributed by atoms with Gasteiger partial charge in [0.05, 0.1) is 18.7 Å². The number of aryl methyl sites for hydroxylation is 2. The fourth-order valence-electron chi connectivity index (χ4n) is 4.72. The van der Waals surface area contributed by atoms with Crippen LogP contribution < -0.4 is 9.47 Å². The van der Waals surface area contributed by atoms with Gasteiger partial charge in [0.2, 0.25) is 0 Å². The normalized spacial score (nSPS) is 11.3. The quantitative estimate of drug-likeness (QED) is 0.115. The van der Waals surface area contributed by atoms with Gasteiger partial charge in [0.1, 0.15) is 18.0 Å². The third-order valence-electron chi connectivity index (χ3n) is 6.77. The fraction of sp³-hybridized carbons (Fsp3) is 0.273. The average Bonchev–Trinajstić information content (AvgIpc) is 3.29. The van der Waals surface area contributed by atoms with Crippen molar-refractivity contribution in [1.29, 1.82) is 0 Å². The van der Waals surface area contributed by atoms with Crippen LogP contribution in [0.2, 0.25) is 0 Å². The summed E-state index contributed by atoms with van der Waals surface area (Å²) in [5, 5.41) is 19.3. The molecule has 0 aliphatic rings. The van der Waals surface area contributed by atoms with E-state index in [2.05, 4.69) is 0 Å². The Bertz CT molecular complexity index is 1580. The van der Waals surface area contributed by atoms with Crippen molar-refractivity contribution in [2.45, 2.75) is 45.6 Å². The summed E-state index contributed by atoms with van der Waals surface area (Å²) in [7, 11) is 0. The molecule has 0 aliphatic carbocycles. The molecule has 1 heterocycles. The number of para-hydroxylation sites is 1. The maximum atomic E-state index is 13.4. The van der Waals surface area contributed by atoms with Gasteiger partial charge in [-0.15, -0.1) is 0 Å². The van der Waals surface area contributed by atoms with Crippen LogP contribution in [0.15, 0.2) is 60.8 Å². The van der Waals surface area contributed by atoms with Crippen LogP contribution in [0.25, 0.3) is 23.1 Å². The number of hydrogen-bond acceptors (Lipinski definition) is 4. The number of carboxylic acids is 2. The van der Waals surface area contributed by atoms with Gasteiger partial charge in [-0.3, -0.25) is 9.59 Å². The summed E-state index contributed by atoms with van der Waals surface area (Å²) in [6, 6.07) is 15.5. The first-order valence-electron chi connectivity index (χ1n) is 13.7. The van der Waals surface area contributed by atoms with Crippen molar-refractivity contribution >= 4 is 35.0 Å². The maximum absolute atomic E-state index is 13.4. The molecular weight excluding hydrogens is 544 g/mol. The van der Waals surface area contributed by atoms with Crippen LogP contribution in [0.1, 0.15) is 47.9 Å². The molecule has 0 aliphatic heterocycles. The summed E-state index contributed by atoms with van der Waals surface area (Å²) in [6.45, 7) is 2.32. The van der Waals surface area contributed by atoms with Crippen molar-refractivity contribution in [3.8, 4) is 11.5 Å². The summed E-state index contributed by atoms with van der Waals surface area (Å²) >= 11 is 0. The second-order valence-corrected chi connectivity index (χ2v) is 10.0. The van der Waals surface area contributed by atoms with Gasteiger partial charge in [-0.25, -0.2) is 8.78 Å². The van der Waals surface area contributed by atoms with Crippen molar-refractivity contribution in [3.05, 3.63) is 94.7 Å². The van der Waals surface area contributed by atoms with E-state index in [-0.39, 0.29) is 13.0 Å². The van der Waals surface area contributed by atoms with Crippen LogP contribution in [0.3, 0.4) is 0 Å².